The van der Waals surface area contributed by atoms with Crippen molar-refractivity contribution < 1.29 is 14.3 Å². The lowest BCUT2D eigenvalue weighted by Gasteiger charge is -2.30. The van der Waals surface area contributed by atoms with E-state index in [1.54, 1.807) is 19.1 Å². The van der Waals surface area contributed by atoms with Crippen molar-refractivity contribution in [3.63, 3.8) is 0 Å². The highest BCUT2D eigenvalue weighted by Gasteiger charge is 2.34. The van der Waals surface area contributed by atoms with Crippen molar-refractivity contribution in [2.24, 2.45) is 11.8 Å². The van der Waals surface area contributed by atoms with Crippen LogP contribution in [0.1, 0.15) is 44.5 Å². The minimum absolute atomic E-state index is 0.0709. The summed E-state index contributed by atoms with van der Waals surface area (Å²) in [5.74, 6) is -0.283. The van der Waals surface area contributed by atoms with Gasteiger partial charge in [-0.15, -0.1) is 0 Å². The first kappa shape index (κ1) is 21.8. The second-order valence-electron chi connectivity index (χ2n) is 6.99. The molecule has 1 aromatic carbocycles. The molecule has 6 heteroatoms. The predicted molar refractivity (Wildman–Crippen MR) is 111 cm³/mol. The molecule has 0 unspecified atom stereocenters. The number of benzene rings is 1. The molecule has 1 atom stereocenters. The Morgan fingerprint density at radius 3 is 2.54 bits per heavy atom. The summed E-state index contributed by atoms with van der Waals surface area (Å²) < 4.78 is 4.98. The van der Waals surface area contributed by atoms with Crippen LogP contribution in [0.5, 0.6) is 0 Å². The molecule has 0 fully saturated rings. The molecule has 0 bridgehead atoms. The summed E-state index contributed by atoms with van der Waals surface area (Å²) in [6.07, 6.45) is 0.680. The molecule has 0 aromatic heterocycles. The molecule has 5 nitrogen and oxygen atoms in total. The summed E-state index contributed by atoms with van der Waals surface area (Å²) in [7, 11) is 0. The Kier molecular flexibility index (Phi) is 7.89. The van der Waals surface area contributed by atoms with Gasteiger partial charge in [-0.3, -0.25) is 9.59 Å². The molecule has 0 aliphatic carbocycles. The van der Waals surface area contributed by atoms with Crippen LogP contribution in [0, 0.1) is 23.2 Å². The normalized spacial score (nSPS) is 16.6. The van der Waals surface area contributed by atoms with Gasteiger partial charge in [-0.2, -0.15) is 5.26 Å². The molecule has 0 saturated carbocycles. The number of dihydropyridines is 1. The first-order valence-electron chi connectivity index (χ1n) is 9.39. The van der Waals surface area contributed by atoms with Gasteiger partial charge in [0, 0.05) is 22.8 Å². The summed E-state index contributed by atoms with van der Waals surface area (Å²) in [4.78, 5) is 24.9. The van der Waals surface area contributed by atoms with Crippen molar-refractivity contribution in [3.8, 4) is 6.07 Å². The lowest BCUT2D eigenvalue weighted by molar-refractivity contribution is -0.139. The van der Waals surface area contributed by atoms with E-state index in [1.165, 1.54) is 11.8 Å². The molecule has 1 aliphatic rings. The Hall–Kier alpha value is -2.52. The van der Waals surface area contributed by atoms with Crippen LogP contribution in [-0.4, -0.2) is 24.1 Å². The van der Waals surface area contributed by atoms with E-state index in [9.17, 15) is 14.9 Å². The quantitative estimate of drug-likeness (QED) is 0.515. The van der Waals surface area contributed by atoms with Crippen LogP contribution in [-0.2, 0) is 9.53 Å². The Bertz CT molecular complexity index is 835. The molecule has 0 spiro atoms. The van der Waals surface area contributed by atoms with Crippen molar-refractivity contribution in [2.75, 3.05) is 12.4 Å². The van der Waals surface area contributed by atoms with Crippen LogP contribution in [0.4, 0.5) is 0 Å². The third-order valence-electron chi connectivity index (χ3n) is 4.39. The highest BCUT2D eigenvalue weighted by Crippen LogP contribution is 2.38. The van der Waals surface area contributed by atoms with Crippen LogP contribution in [0.2, 0.25) is 0 Å². The number of hydrogen-bond acceptors (Lipinski definition) is 6. The maximum absolute atomic E-state index is 13.2. The highest BCUT2D eigenvalue weighted by molar-refractivity contribution is 8.03. The number of rotatable bonds is 8. The zero-order valence-electron chi connectivity index (χ0n) is 16.7. The van der Waals surface area contributed by atoms with E-state index in [0.29, 0.717) is 40.7 Å². The van der Waals surface area contributed by atoms with Crippen molar-refractivity contribution in [1.82, 2.24) is 5.32 Å². The first-order valence-corrected chi connectivity index (χ1v) is 10.4. The molecule has 1 heterocycles. The molecule has 1 aromatic rings. The van der Waals surface area contributed by atoms with Gasteiger partial charge in [-0.25, -0.2) is 0 Å². The number of nitriles is 1. The molecular formula is C22H26N2O3S. The standard InChI is InChI=1S/C22H26N2O3S/c1-5-27-19(25)13-28-22-18(12-23)17(11-14(2)3)20(15(4)24-22)21(26)16-9-7-6-8-10-16/h6-10,14,17,24H,5,11,13H2,1-4H3/t17-/m1/s1. The van der Waals surface area contributed by atoms with Crippen molar-refractivity contribution in [3.05, 3.63) is 57.8 Å². The van der Waals surface area contributed by atoms with Gasteiger partial charge < -0.3 is 10.1 Å². The molecule has 148 valence electrons. The van der Waals surface area contributed by atoms with E-state index in [4.69, 9.17) is 4.74 Å². The average molecular weight is 399 g/mol. The summed E-state index contributed by atoms with van der Waals surface area (Å²) >= 11 is 1.25. The van der Waals surface area contributed by atoms with E-state index in [2.05, 4.69) is 25.2 Å². The number of carbonyl (C=O) groups excluding carboxylic acids is 2. The Morgan fingerprint density at radius 1 is 1.29 bits per heavy atom. The number of carbonyl (C=O) groups is 2. The number of thioether (sulfide) groups is 1. The summed E-state index contributed by atoms with van der Waals surface area (Å²) in [6, 6.07) is 11.4. The molecular weight excluding hydrogens is 372 g/mol. The van der Waals surface area contributed by atoms with Crippen LogP contribution >= 0.6 is 11.8 Å². The number of ketones is 1. The number of nitrogens with one attached hydrogen (secondary N) is 1. The number of hydrogen-bond donors (Lipinski definition) is 1. The smallest absolute Gasteiger partial charge is 0.316 e. The number of nitrogens with zero attached hydrogens (tertiary/aromatic N) is 1. The zero-order valence-corrected chi connectivity index (χ0v) is 17.6. The highest BCUT2D eigenvalue weighted by atomic mass is 32.2. The lowest BCUT2D eigenvalue weighted by atomic mass is 9.79. The third-order valence-corrected chi connectivity index (χ3v) is 5.39. The fourth-order valence-electron chi connectivity index (χ4n) is 3.23. The van der Waals surface area contributed by atoms with Gasteiger partial charge in [0.15, 0.2) is 5.78 Å². The Labute approximate surface area is 170 Å². The van der Waals surface area contributed by atoms with E-state index in [0.717, 1.165) is 5.70 Å². The van der Waals surface area contributed by atoms with E-state index in [-0.39, 0.29) is 23.4 Å². The van der Waals surface area contributed by atoms with Gasteiger partial charge in [0.1, 0.15) is 0 Å². The van der Waals surface area contributed by atoms with Crippen LogP contribution in [0.25, 0.3) is 0 Å². The number of Topliss-reactive ketones (excluding diaryl/α,β-unsaturated/α-hetero) is 1. The largest absolute Gasteiger partial charge is 0.465 e. The van der Waals surface area contributed by atoms with Gasteiger partial charge in [0.05, 0.1) is 29.0 Å². The van der Waals surface area contributed by atoms with Crippen molar-refractivity contribution in [2.45, 2.75) is 34.1 Å². The molecule has 2 rings (SSSR count). The minimum Gasteiger partial charge on any atom is -0.465 e. The van der Waals surface area contributed by atoms with Crippen molar-refractivity contribution >= 4 is 23.5 Å². The van der Waals surface area contributed by atoms with Crippen LogP contribution in [0.15, 0.2) is 52.2 Å². The zero-order chi connectivity index (χ0) is 20.7. The van der Waals surface area contributed by atoms with Gasteiger partial charge in [-0.1, -0.05) is 55.9 Å². The van der Waals surface area contributed by atoms with Crippen LogP contribution in [0.3, 0.4) is 0 Å². The fourth-order valence-corrected chi connectivity index (χ4v) is 4.14. The molecule has 1 N–H and O–H groups in total. The minimum atomic E-state index is -0.327. The fraction of sp³-hybridized carbons (Fsp3) is 0.409. The topological polar surface area (TPSA) is 79.2 Å². The van der Waals surface area contributed by atoms with Crippen molar-refractivity contribution in [1.29, 1.82) is 5.26 Å². The van der Waals surface area contributed by atoms with Crippen LogP contribution < -0.4 is 5.32 Å². The Morgan fingerprint density at radius 2 is 1.96 bits per heavy atom. The molecule has 0 saturated heterocycles. The summed E-state index contributed by atoms with van der Waals surface area (Å²) in [5, 5.41) is 13.7. The second-order valence-corrected chi connectivity index (χ2v) is 7.97. The van der Waals surface area contributed by atoms with Gasteiger partial charge >= 0.3 is 5.97 Å². The number of allylic oxidation sites excluding steroid dienone is 3. The lowest BCUT2D eigenvalue weighted by Crippen LogP contribution is -2.30. The Balaban J connectivity index is 2.39. The third kappa shape index (κ3) is 5.26. The first-order chi connectivity index (χ1) is 13.4. The van der Waals surface area contributed by atoms with Gasteiger partial charge in [0.2, 0.25) is 0 Å². The predicted octanol–water partition coefficient (Wildman–Crippen LogP) is 4.44. The van der Waals surface area contributed by atoms with E-state index in [1.807, 2.05) is 25.1 Å². The summed E-state index contributed by atoms with van der Waals surface area (Å²) in [5.41, 5.74) is 2.46. The van der Waals surface area contributed by atoms with E-state index < -0.39 is 0 Å². The van der Waals surface area contributed by atoms with Gasteiger partial charge in [0.25, 0.3) is 0 Å². The maximum Gasteiger partial charge on any atom is 0.316 e. The number of ether oxygens (including phenoxy) is 1. The SMILES string of the molecule is CCOC(=O)CSC1=C(C#N)[C@@H](CC(C)C)C(C(=O)c2ccccc2)=C(C)N1. The molecule has 1 aliphatic heterocycles. The van der Waals surface area contributed by atoms with Gasteiger partial charge in [-0.05, 0) is 26.2 Å². The second kappa shape index (κ2) is 10.1. The molecule has 0 amide bonds. The van der Waals surface area contributed by atoms with E-state index >= 15 is 0 Å². The monoisotopic (exact) mass is 398 g/mol. The molecule has 0 radical (unpaired) electrons. The maximum atomic E-state index is 13.2. The average Bonchev–Trinajstić information content (AvgIpc) is 2.66. The number of esters is 1. The molecule has 28 heavy (non-hydrogen) atoms. The summed E-state index contributed by atoms with van der Waals surface area (Å²) in [6.45, 7) is 8.07.